The maximum Gasteiger partial charge on any atom is 0.309 e. The highest BCUT2D eigenvalue weighted by Gasteiger charge is 2.20. The van der Waals surface area contributed by atoms with E-state index in [0.29, 0.717) is 11.3 Å². The zero-order valence-electron chi connectivity index (χ0n) is 12.5. The highest BCUT2D eigenvalue weighted by Crippen LogP contribution is 2.19. The molecule has 114 valence electrons. The molecule has 0 N–H and O–H groups in total. The standard InChI is InChI=1S/C17H18N2O3/c1-12-6-5-9-19-15(20)10-14(18-16(12)19)11-22-17(21)13-7-3-2-4-8-13/h2-3,5-6,9-10,13H,4,7-8,11H2,1H3/t13-/m1/s1. The molecule has 2 aromatic heterocycles. The van der Waals surface area contributed by atoms with E-state index in [1.807, 2.05) is 25.1 Å². The summed E-state index contributed by atoms with van der Waals surface area (Å²) in [6.07, 6.45) is 8.24. The summed E-state index contributed by atoms with van der Waals surface area (Å²) in [4.78, 5) is 28.5. The Kier molecular flexibility index (Phi) is 4.04. The summed E-state index contributed by atoms with van der Waals surface area (Å²) in [5, 5.41) is 0. The minimum atomic E-state index is -0.212. The lowest BCUT2D eigenvalue weighted by atomic mass is 9.95. The Labute approximate surface area is 128 Å². The first-order valence-corrected chi connectivity index (χ1v) is 7.44. The zero-order valence-corrected chi connectivity index (χ0v) is 12.5. The smallest absolute Gasteiger partial charge is 0.309 e. The highest BCUT2D eigenvalue weighted by molar-refractivity contribution is 5.72. The molecular weight excluding hydrogens is 280 g/mol. The van der Waals surface area contributed by atoms with Crippen molar-refractivity contribution in [1.82, 2.24) is 9.38 Å². The molecule has 2 aromatic rings. The van der Waals surface area contributed by atoms with Crippen LogP contribution in [0.15, 0.2) is 41.3 Å². The molecule has 1 aliphatic carbocycles. The molecule has 0 aliphatic heterocycles. The molecule has 1 aliphatic rings. The molecule has 22 heavy (non-hydrogen) atoms. The van der Waals surface area contributed by atoms with Gasteiger partial charge in [-0.1, -0.05) is 18.2 Å². The molecule has 2 heterocycles. The Morgan fingerprint density at radius 3 is 3.09 bits per heavy atom. The van der Waals surface area contributed by atoms with Crippen molar-refractivity contribution < 1.29 is 9.53 Å². The number of hydrogen-bond donors (Lipinski definition) is 0. The monoisotopic (exact) mass is 298 g/mol. The highest BCUT2D eigenvalue weighted by atomic mass is 16.5. The summed E-state index contributed by atoms with van der Waals surface area (Å²) < 4.78 is 6.82. The van der Waals surface area contributed by atoms with Gasteiger partial charge in [0.05, 0.1) is 11.6 Å². The lowest BCUT2D eigenvalue weighted by Gasteiger charge is -2.16. The summed E-state index contributed by atoms with van der Waals surface area (Å²) >= 11 is 0. The first-order chi connectivity index (χ1) is 10.6. The molecule has 0 saturated carbocycles. The van der Waals surface area contributed by atoms with Crippen molar-refractivity contribution >= 4 is 11.6 Å². The Balaban J connectivity index is 1.77. The van der Waals surface area contributed by atoms with Crippen molar-refractivity contribution in [3.8, 4) is 0 Å². The first kappa shape index (κ1) is 14.5. The van der Waals surface area contributed by atoms with Crippen LogP contribution in [0.25, 0.3) is 5.65 Å². The van der Waals surface area contributed by atoms with Gasteiger partial charge in [-0.3, -0.25) is 14.0 Å². The fraction of sp³-hybridized carbons (Fsp3) is 0.353. The number of carbonyl (C=O) groups is 1. The van der Waals surface area contributed by atoms with Crippen molar-refractivity contribution in [2.45, 2.75) is 32.8 Å². The van der Waals surface area contributed by atoms with Crippen molar-refractivity contribution in [1.29, 1.82) is 0 Å². The SMILES string of the molecule is Cc1cccn2c(=O)cc(COC(=O)[C@@H]3CC=CCC3)nc12. The second-order valence-corrected chi connectivity index (χ2v) is 5.56. The molecule has 0 unspecified atom stereocenters. The van der Waals surface area contributed by atoms with Gasteiger partial charge in [-0.15, -0.1) is 0 Å². The molecule has 0 bridgehead atoms. The van der Waals surface area contributed by atoms with Crippen LogP contribution in [-0.4, -0.2) is 15.4 Å². The van der Waals surface area contributed by atoms with Gasteiger partial charge < -0.3 is 4.74 Å². The van der Waals surface area contributed by atoms with Gasteiger partial charge in [0.1, 0.15) is 12.3 Å². The Hall–Kier alpha value is -2.43. The second-order valence-electron chi connectivity index (χ2n) is 5.56. The van der Waals surface area contributed by atoms with Crippen LogP contribution in [-0.2, 0) is 16.1 Å². The quantitative estimate of drug-likeness (QED) is 0.645. The minimum absolute atomic E-state index is 0.0408. The van der Waals surface area contributed by atoms with Crippen LogP contribution in [0.1, 0.15) is 30.5 Å². The fourth-order valence-electron chi connectivity index (χ4n) is 2.65. The van der Waals surface area contributed by atoms with Crippen LogP contribution in [0.5, 0.6) is 0 Å². The van der Waals surface area contributed by atoms with Crippen molar-refractivity contribution in [2.24, 2.45) is 5.92 Å². The van der Waals surface area contributed by atoms with E-state index in [-0.39, 0.29) is 24.1 Å². The molecule has 0 amide bonds. The van der Waals surface area contributed by atoms with Crippen LogP contribution in [0.4, 0.5) is 0 Å². The number of rotatable bonds is 3. The summed E-state index contributed by atoms with van der Waals surface area (Å²) in [6, 6.07) is 5.12. The number of allylic oxidation sites excluding steroid dienone is 2. The summed E-state index contributed by atoms with van der Waals surface area (Å²) in [5.41, 5.74) is 1.83. The maximum atomic E-state index is 12.1. The van der Waals surface area contributed by atoms with Crippen LogP contribution in [0.2, 0.25) is 0 Å². The van der Waals surface area contributed by atoms with E-state index < -0.39 is 0 Å². The molecule has 0 aromatic carbocycles. The normalized spacial score (nSPS) is 17.6. The number of nitrogens with zero attached hydrogens (tertiary/aromatic N) is 2. The Morgan fingerprint density at radius 2 is 2.32 bits per heavy atom. The largest absolute Gasteiger partial charge is 0.459 e. The van der Waals surface area contributed by atoms with Crippen LogP contribution < -0.4 is 5.56 Å². The number of aromatic nitrogens is 2. The summed E-state index contributed by atoms with van der Waals surface area (Å²) in [6.45, 7) is 1.94. The molecule has 0 spiro atoms. The lowest BCUT2D eigenvalue weighted by Crippen LogP contribution is -2.20. The van der Waals surface area contributed by atoms with Gasteiger partial charge in [0.2, 0.25) is 0 Å². The van der Waals surface area contributed by atoms with Gasteiger partial charge >= 0.3 is 5.97 Å². The summed E-state index contributed by atoms with van der Waals surface area (Å²) in [5.74, 6) is -0.288. The average Bonchev–Trinajstić information content (AvgIpc) is 2.54. The number of esters is 1. The van der Waals surface area contributed by atoms with E-state index in [1.54, 1.807) is 6.20 Å². The van der Waals surface area contributed by atoms with E-state index in [1.165, 1.54) is 10.5 Å². The number of fused-ring (bicyclic) bond motifs is 1. The molecule has 0 saturated heterocycles. The van der Waals surface area contributed by atoms with E-state index in [9.17, 15) is 9.59 Å². The van der Waals surface area contributed by atoms with Gasteiger partial charge in [-0.25, -0.2) is 4.98 Å². The number of ether oxygens (including phenoxy) is 1. The van der Waals surface area contributed by atoms with E-state index in [2.05, 4.69) is 11.1 Å². The molecular formula is C17H18N2O3. The third-order valence-corrected chi connectivity index (χ3v) is 3.90. The molecule has 3 rings (SSSR count). The molecule has 1 atom stereocenters. The molecule has 5 heteroatoms. The Morgan fingerprint density at radius 1 is 1.45 bits per heavy atom. The number of aryl methyl sites for hydroxylation is 1. The summed E-state index contributed by atoms with van der Waals surface area (Å²) in [7, 11) is 0. The van der Waals surface area contributed by atoms with Crippen molar-refractivity contribution in [3.63, 3.8) is 0 Å². The van der Waals surface area contributed by atoms with E-state index in [0.717, 1.165) is 24.8 Å². The predicted molar refractivity (Wildman–Crippen MR) is 82.5 cm³/mol. The maximum absolute atomic E-state index is 12.1. The van der Waals surface area contributed by atoms with Crippen molar-refractivity contribution in [2.75, 3.05) is 0 Å². The zero-order chi connectivity index (χ0) is 15.5. The first-order valence-electron chi connectivity index (χ1n) is 7.44. The van der Waals surface area contributed by atoms with Crippen LogP contribution >= 0.6 is 0 Å². The van der Waals surface area contributed by atoms with Gasteiger partial charge in [0.15, 0.2) is 0 Å². The third kappa shape index (κ3) is 2.93. The van der Waals surface area contributed by atoms with Crippen LogP contribution in [0.3, 0.4) is 0 Å². The topological polar surface area (TPSA) is 60.7 Å². The van der Waals surface area contributed by atoms with E-state index >= 15 is 0 Å². The number of hydrogen-bond acceptors (Lipinski definition) is 4. The van der Waals surface area contributed by atoms with Crippen LogP contribution in [0, 0.1) is 12.8 Å². The second kappa shape index (κ2) is 6.13. The molecule has 5 nitrogen and oxygen atoms in total. The van der Waals surface area contributed by atoms with Gasteiger partial charge in [0.25, 0.3) is 5.56 Å². The number of pyridine rings is 1. The van der Waals surface area contributed by atoms with Gasteiger partial charge in [-0.05, 0) is 37.8 Å². The molecule has 0 radical (unpaired) electrons. The molecule has 0 fully saturated rings. The Bertz CT molecular complexity index is 792. The minimum Gasteiger partial charge on any atom is -0.459 e. The average molecular weight is 298 g/mol. The third-order valence-electron chi connectivity index (χ3n) is 3.90. The van der Waals surface area contributed by atoms with Gasteiger partial charge in [-0.2, -0.15) is 0 Å². The van der Waals surface area contributed by atoms with Crippen molar-refractivity contribution in [3.05, 3.63) is 58.2 Å². The number of carbonyl (C=O) groups excluding carboxylic acids is 1. The predicted octanol–water partition coefficient (Wildman–Crippen LogP) is 2.40. The van der Waals surface area contributed by atoms with E-state index in [4.69, 9.17) is 4.74 Å². The fourth-order valence-corrected chi connectivity index (χ4v) is 2.65. The van der Waals surface area contributed by atoms with Gasteiger partial charge in [0, 0.05) is 12.3 Å². The lowest BCUT2D eigenvalue weighted by molar-refractivity contribution is -0.150.